The molecule has 1 N–H and O–H groups in total. The minimum Gasteiger partial charge on any atom is -0.482 e. The summed E-state index contributed by atoms with van der Waals surface area (Å²) in [5.74, 6) is -0.180. The van der Waals surface area contributed by atoms with E-state index in [0.29, 0.717) is 11.3 Å². The molecule has 0 saturated carbocycles. The Labute approximate surface area is 153 Å². The van der Waals surface area contributed by atoms with E-state index in [1.54, 1.807) is 36.4 Å². The zero-order valence-corrected chi connectivity index (χ0v) is 15.0. The number of carbonyl (C=O) groups excluding carboxylic acids is 2. The number of ether oxygens (including phenoxy) is 2. The standard InChI is InChI=1S/C17H15IN2O4/c1-23-16(21)11-24-15-8-2-12(3-9-15)10-19-20-17(22)13-4-6-14(18)7-5-13/h2-10H,11H2,1H3,(H,20,22)/b19-10-. The quantitative estimate of drug-likeness (QED) is 0.326. The molecule has 1 amide bonds. The van der Waals surface area contributed by atoms with Crippen molar-refractivity contribution in [1.29, 1.82) is 0 Å². The summed E-state index contributed by atoms with van der Waals surface area (Å²) in [7, 11) is 1.30. The van der Waals surface area contributed by atoms with E-state index in [-0.39, 0.29) is 12.5 Å². The molecule has 2 aromatic rings. The Morgan fingerprint density at radius 3 is 2.42 bits per heavy atom. The summed E-state index contributed by atoms with van der Waals surface area (Å²) in [6, 6.07) is 14.1. The van der Waals surface area contributed by atoms with Crippen LogP contribution >= 0.6 is 22.6 Å². The van der Waals surface area contributed by atoms with Crippen LogP contribution in [0.4, 0.5) is 0 Å². The fraction of sp³-hybridized carbons (Fsp3) is 0.118. The summed E-state index contributed by atoms with van der Waals surface area (Å²) in [6.45, 7) is -0.143. The Morgan fingerprint density at radius 2 is 1.79 bits per heavy atom. The molecule has 0 fully saturated rings. The molecule has 2 aromatic carbocycles. The van der Waals surface area contributed by atoms with Crippen LogP contribution < -0.4 is 10.2 Å². The summed E-state index contributed by atoms with van der Waals surface area (Å²) < 4.78 is 10.8. The smallest absolute Gasteiger partial charge is 0.343 e. The van der Waals surface area contributed by atoms with Gasteiger partial charge in [0.2, 0.25) is 0 Å². The summed E-state index contributed by atoms with van der Waals surface area (Å²) in [5, 5.41) is 3.92. The minimum atomic E-state index is -0.445. The monoisotopic (exact) mass is 438 g/mol. The van der Waals surface area contributed by atoms with E-state index in [2.05, 4.69) is 37.9 Å². The lowest BCUT2D eigenvalue weighted by Crippen LogP contribution is -2.17. The molecule has 0 heterocycles. The zero-order valence-electron chi connectivity index (χ0n) is 12.9. The van der Waals surface area contributed by atoms with E-state index in [1.165, 1.54) is 13.3 Å². The lowest BCUT2D eigenvalue weighted by molar-refractivity contribution is -0.142. The van der Waals surface area contributed by atoms with Crippen molar-refractivity contribution in [1.82, 2.24) is 5.43 Å². The minimum absolute atomic E-state index is 0.143. The number of benzene rings is 2. The highest BCUT2D eigenvalue weighted by molar-refractivity contribution is 14.1. The number of rotatable bonds is 6. The molecule has 0 atom stereocenters. The van der Waals surface area contributed by atoms with Crippen LogP contribution in [-0.2, 0) is 9.53 Å². The van der Waals surface area contributed by atoms with Crippen molar-refractivity contribution in [3.63, 3.8) is 0 Å². The number of hydrazone groups is 1. The predicted octanol–water partition coefficient (Wildman–Crippen LogP) is 2.61. The number of nitrogens with one attached hydrogen (secondary N) is 1. The highest BCUT2D eigenvalue weighted by Gasteiger charge is 2.03. The molecule has 0 unspecified atom stereocenters. The first-order chi connectivity index (χ1) is 11.6. The van der Waals surface area contributed by atoms with E-state index < -0.39 is 5.97 Å². The molecule has 124 valence electrons. The summed E-state index contributed by atoms with van der Waals surface area (Å²) in [4.78, 5) is 22.9. The van der Waals surface area contributed by atoms with E-state index in [0.717, 1.165) is 9.13 Å². The van der Waals surface area contributed by atoms with Crippen molar-refractivity contribution in [3.05, 3.63) is 63.2 Å². The largest absolute Gasteiger partial charge is 0.482 e. The van der Waals surface area contributed by atoms with Crippen molar-refractivity contribution >= 4 is 40.7 Å². The highest BCUT2D eigenvalue weighted by Crippen LogP contribution is 2.11. The number of esters is 1. The fourth-order valence-corrected chi connectivity index (χ4v) is 2.04. The molecule has 0 aliphatic carbocycles. The Hall–Kier alpha value is -2.42. The normalized spacial score (nSPS) is 10.4. The van der Waals surface area contributed by atoms with Crippen LogP contribution in [-0.4, -0.2) is 31.8 Å². The van der Waals surface area contributed by atoms with Crippen LogP contribution in [0.5, 0.6) is 5.75 Å². The first-order valence-electron chi connectivity index (χ1n) is 6.97. The topological polar surface area (TPSA) is 77.0 Å². The number of nitrogens with zero attached hydrogens (tertiary/aromatic N) is 1. The first kappa shape index (κ1) is 17.9. The molecule has 0 aliphatic rings. The van der Waals surface area contributed by atoms with Crippen molar-refractivity contribution in [3.8, 4) is 5.75 Å². The highest BCUT2D eigenvalue weighted by atomic mass is 127. The molecule has 0 saturated heterocycles. The second-order valence-electron chi connectivity index (χ2n) is 4.64. The van der Waals surface area contributed by atoms with Gasteiger partial charge in [0.15, 0.2) is 6.61 Å². The Balaban J connectivity index is 1.86. The van der Waals surface area contributed by atoms with E-state index >= 15 is 0 Å². The number of amides is 1. The van der Waals surface area contributed by atoms with E-state index in [1.807, 2.05) is 12.1 Å². The second-order valence-corrected chi connectivity index (χ2v) is 5.89. The molecule has 0 bridgehead atoms. The predicted molar refractivity (Wildman–Crippen MR) is 98.2 cm³/mol. The third-order valence-corrected chi connectivity index (χ3v) is 3.67. The van der Waals surface area contributed by atoms with Crippen molar-refractivity contribution < 1.29 is 19.1 Å². The molecule has 0 aromatic heterocycles. The van der Waals surface area contributed by atoms with E-state index in [4.69, 9.17) is 4.74 Å². The molecular weight excluding hydrogens is 423 g/mol. The Morgan fingerprint density at radius 1 is 1.12 bits per heavy atom. The molecule has 6 nitrogen and oxygen atoms in total. The lowest BCUT2D eigenvalue weighted by Gasteiger charge is -2.04. The van der Waals surface area contributed by atoms with Crippen LogP contribution in [0.15, 0.2) is 53.6 Å². The van der Waals surface area contributed by atoms with Crippen LogP contribution in [0, 0.1) is 3.57 Å². The van der Waals surface area contributed by atoms with Gasteiger partial charge in [-0.25, -0.2) is 10.2 Å². The zero-order chi connectivity index (χ0) is 17.4. The number of hydrogen-bond donors (Lipinski definition) is 1. The van der Waals surface area contributed by atoms with Crippen molar-refractivity contribution in [2.75, 3.05) is 13.7 Å². The van der Waals surface area contributed by atoms with Gasteiger partial charge in [-0.1, -0.05) is 0 Å². The maximum atomic E-state index is 11.9. The fourth-order valence-electron chi connectivity index (χ4n) is 1.68. The average Bonchev–Trinajstić information content (AvgIpc) is 2.61. The van der Waals surface area contributed by atoms with Crippen molar-refractivity contribution in [2.45, 2.75) is 0 Å². The molecule has 24 heavy (non-hydrogen) atoms. The first-order valence-corrected chi connectivity index (χ1v) is 8.05. The maximum absolute atomic E-state index is 11.9. The van der Waals surface area contributed by atoms with Crippen LogP contribution in [0.1, 0.15) is 15.9 Å². The van der Waals surface area contributed by atoms with Gasteiger partial charge < -0.3 is 9.47 Å². The molecule has 0 radical (unpaired) electrons. The van der Waals surface area contributed by atoms with Gasteiger partial charge in [-0.3, -0.25) is 4.79 Å². The van der Waals surface area contributed by atoms with Gasteiger partial charge >= 0.3 is 5.97 Å². The van der Waals surface area contributed by atoms with Gasteiger partial charge in [-0.15, -0.1) is 0 Å². The third kappa shape index (κ3) is 5.65. The maximum Gasteiger partial charge on any atom is 0.343 e. The molecule has 2 rings (SSSR count). The summed E-state index contributed by atoms with van der Waals surface area (Å²) in [6.07, 6.45) is 1.52. The summed E-state index contributed by atoms with van der Waals surface area (Å²) in [5.41, 5.74) is 3.79. The van der Waals surface area contributed by atoms with E-state index in [9.17, 15) is 9.59 Å². The molecule has 0 aliphatic heterocycles. The second kappa shape index (κ2) is 9.02. The third-order valence-electron chi connectivity index (χ3n) is 2.95. The number of carbonyl (C=O) groups is 2. The summed E-state index contributed by atoms with van der Waals surface area (Å²) >= 11 is 2.17. The number of halogens is 1. The molecule has 0 spiro atoms. The van der Waals surface area contributed by atoms with Gasteiger partial charge in [-0.2, -0.15) is 5.10 Å². The van der Waals surface area contributed by atoms with Gasteiger partial charge in [-0.05, 0) is 76.7 Å². The van der Waals surface area contributed by atoms with Crippen molar-refractivity contribution in [2.24, 2.45) is 5.10 Å². The van der Waals surface area contributed by atoms with Crippen LogP contribution in [0.25, 0.3) is 0 Å². The van der Waals surface area contributed by atoms with Crippen LogP contribution in [0.2, 0.25) is 0 Å². The number of methoxy groups -OCH3 is 1. The molecular formula is C17H15IN2O4. The Kier molecular flexibility index (Phi) is 6.74. The average molecular weight is 438 g/mol. The Bertz CT molecular complexity index is 727. The van der Waals surface area contributed by atoms with Crippen LogP contribution in [0.3, 0.4) is 0 Å². The SMILES string of the molecule is COC(=O)COc1ccc(/C=N\NC(=O)c2ccc(I)cc2)cc1. The van der Waals surface area contributed by atoms with Gasteiger partial charge in [0.05, 0.1) is 13.3 Å². The van der Waals surface area contributed by atoms with Gasteiger partial charge in [0.25, 0.3) is 5.91 Å². The van der Waals surface area contributed by atoms with Gasteiger partial charge in [0.1, 0.15) is 5.75 Å². The number of hydrogen-bond acceptors (Lipinski definition) is 5. The molecule has 7 heteroatoms. The lowest BCUT2D eigenvalue weighted by atomic mass is 10.2. The van der Waals surface area contributed by atoms with Gasteiger partial charge in [0, 0.05) is 9.13 Å².